The fourth-order valence-electron chi connectivity index (χ4n) is 1.70. The van der Waals surface area contributed by atoms with Gasteiger partial charge in [-0.15, -0.1) is 0 Å². The summed E-state index contributed by atoms with van der Waals surface area (Å²) >= 11 is 0. The molecule has 0 spiro atoms. The van der Waals surface area contributed by atoms with E-state index in [4.69, 9.17) is 0 Å². The Labute approximate surface area is 169 Å². The molecule has 20 heteroatoms. The number of halogens is 18. The van der Waals surface area contributed by atoms with Crippen molar-refractivity contribution in [2.45, 2.75) is 60.7 Å². The van der Waals surface area contributed by atoms with Crippen molar-refractivity contribution in [2.24, 2.45) is 0 Å². The maximum atomic E-state index is 13.4. The van der Waals surface area contributed by atoms with Gasteiger partial charge in [-0.3, -0.25) is 0 Å². The van der Waals surface area contributed by atoms with Gasteiger partial charge in [0.15, 0.2) is 0 Å². The molecule has 196 valence electrons. The second-order valence-electron chi connectivity index (χ2n) is 6.00. The van der Waals surface area contributed by atoms with E-state index >= 15 is 0 Å². The van der Waals surface area contributed by atoms with Crippen molar-refractivity contribution in [3.63, 3.8) is 0 Å². The quantitative estimate of drug-likeness (QED) is 0.175. The molecule has 2 nitrogen and oxygen atoms in total. The first-order valence-electron chi connectivity index (χ1n) is 7.32. The Balaban J connectivity index is 6.49. The maximum Gasteiger partial charge on any atom is 0.473 e. The Morgan fingerprint density at radius 2 is 0.909 bits per heavy atom. The van der Waals surface area contributed by atoms with Crippen molar-refractivity contribution in [2.75, 3.05) is 0 Å². The van der Waals surface area contributed by atoms with Crippen LogP contribution in [-0.2, 0) is 9.53 Å². The Hall–Kier alpha value is -2.05. The number of hydrogen-bond acceptors (Lipinski definition) is 2. The van der Waals surface area contributed by atoms with Crippen LogP contribution in [0.2, 0.25) is 0 Å². The fraction of sp³-hybridized carbons (Fsp3) is 0.769. The van der Waals surface area contributed by atoms with Crippen molar-refractivity contribution in [3.05, 3.63) is 12.4 Å². The Bertz CT molecular complexity index is 749. The Morgan fingerprint density at radius 3 is 1.24 bits per heavy atom. The van der Waals surface area contributed by atoms with Crippen LogP contribution in [0.15, 0.2) is 12.4 Å². The first-order valence-corrected chi connectivity index (χ1v) is 7.32. The van der Waals surface area contributed by atoms with Gasteiger partial charge in [0.2, 0.25) is 5.83 Å². The molecular weight excluding hydrogens is 530 g/mol. The van der Waals surface area contributed by atoms with E-state index in [0.29, 0.717) is 0 Å². The van der Waals surface area contributed by atoms with Gasteiger partial charge < -0.3 is 4.74 Å². The summed E-state index contributed by atoms with van der Waals surface area (Å²) in [5, 5.41) is 0. The average Bonchev–Trinajstić information content (AvgIpc) is 2.57. The summed E-state index contributed by atoms with van der Waals surface area (Å²) < 4.78 is 236. The lowest BCUT2D eigenvalue weighted by molar-refractivity contribution is -0.461. The van der Waals surface area contributed by atoms with Crippen molar-refractivity contribution < 1.29 is 88.6 Å². The predicted molar refractivity (Wildman–Crippen MR) is 66.3 cm³/mol. The highest BCUT2D eigenvalue weighted by atomic mass is 19.4. The van der Waals surface area contributed by atoms with E-state index in [1.54, 1.807) is 0 Å². The van der Waals surface area contributed by atoms with Crippen LogP contribution in [0.3, 0.4) is 0 Å². The number of ether oxygens (including phenoxy) is 1. The second-order valence-corrected chi connectivity index (χ2v) is 6.00. The van der Waals surface area contributed by atoms with Crippen LogP contribution in [0.1, 0.15) is 12.8 Å². The molecule has 0 radical (unpaired) electrons. The molecule has 0 saturated heterocycles. The van der Waals surface area contributed by atoms with Crippen molar-refractivity contribution >= 4 is 5.97 Å². The molecule has 0 amide bonds. The van der Waals surface area contributed by atoms with E-state index in [2.05, 4.69) is 4.74 Å². The van der Waals surface area contributed by atoms with Gasteiger partial charge in [-0.05, 0) is 0 Å². The van der Waals surface area contributed by atoms with Gasteiger partial charge in [-0.25, -0.2) is 4.79 Å². The fourth-order valence-corrected chi connectivity index (χ4v) is 1.70. The summed E-state index contributed by atoms with van der Waals surface area (Å²) in [4.78, 5) is 10.4. The minimum atomic E-state index is -8.59. The van der Waals surface area contributed by atoms with Gasteiger partial charge in [0, 0.05) is 12.8 Å². The molecule has 0 aromatic rings. The molecule has 0 saturated carbocycles. The summed E-state index contributed by atoms with van der Waals surface area (Å²) in [6.45, 7) is 1.83. The van der Waals surface area contributed by atoms with Crippen LogP contribution >= 0.6 is 0 Å². The third-order valence-corrected chi connectivity index (χ3v) is 3.57. The van der Waals surface area contributed by atoms with Crippen LogP contribution in [0, 0.1) is 0 Å². The highest BCUT2D eigenvalue weighted by molar-refractivity contribution is 5.85. The number of esters is 1. The molecule has 0 atom stereocenters. The summed E-state index contributed by atoms with van der Waals surface area (Å²) in [5.74, 6) is -54.7. The van der Waals surface area contributed by atoms with Crippen molar-refractivity contribution in [3.8, 4) is 0 Å². The third-order valence-electron chi connectivity index (χ3n) is 3.57. The molecule has 0 aliphatic carbocycles. The van der Waals surface area contributed by atoms with Crippen molar-refractivity contribution in [1.29, 1.82) is 0 Å². The van der Waals surface area contributed by atoms with Crippen LogP contribution in [-0.4, -0.2) is 53.8 Å². The van der Waals surface area contributed by atoms with E-state index in [0.717, 1.165) is 0 Å². The number of rotatable bonds is 10. The Kier molecular flexibility index (Phi) is 7.80. The number of hydrogen-bond donors (Lipinski definition) is 0. The number of carbonyl (C=O) groups is 1. The summed E-state index contributed by atoms with van der Waals surface area (Å²) in [6, 6.07) is 0. The molecule has 0 aliphatic rings. The van der Waals surface area contributed by atoms with E-state index in [1.165, 1.54) is 0 Å². The molecule has 0 aromatic carbocycles. The zero-order valence-electron chi connectivity index (χ0n) is 14.7. The summed E-state index contributed by atoms with van der Waals surface area (Å²) in [6.07, 6.45) is -19.7. The van der Waals surface area contributed by atoms with Crippen LogP contribution < -0.4 is 0 Å². The van der Waals surface area contributed by atoms with Gasteiger partial charge in [0.1, 0.15) is 0 Å². The lowest BCUT2D eigenvalue weighted by Crippen LogP contribution is -2.73. The summed E-state index contributed by atoms with van der Waals surface area (Å²) in [5.41, 5.74) is 0. The maximum absolute atomic E-state index is 13.4. The van der Waals surface area contributed by atoms with Gasteiger partial charge in [-0.2, -0.15) is 79.0 Å². The van der Waals surface area contributed by atoms with Crippen LogP contribution in [0.5, 0.6) is 0 Å². The normalized spacial score (nSPS) is 15.5. The molecule has 0 aliphatic heterocycles. The van der Waals surface area contributed by atoms with Crippen LogP contribution in [0.4, 0.5) is 79.0 Å². The molecule has 33 heavy (non-hydrogen) atoms. The van der Waals surface area contributed by atoms with E-state index < -0.39 is 72.5 Å². The second kappa shape index (κ2) is 8.31. The minimum Gasteiger partial charge on any atom is -0.391 e. The van der Waals surface area contributed by atoms with Gasteiger partial charge in [0.05, 0.1) is 0 Å². The molecule has 0 fully saturated rings. The van der Waals surface area contributed by atoms with E-state index in [-0.39, 0.29) is 0 Å². The van der Waals surface area contributed by atoms with Crippen LogP contribution in [0.25, 0.3) is 0 Å². The number of carbonyl (C=O) groups excluding carboxylic acids is 1. The average molecular weight is 536 g/mol. The highest BCUT2D eigenvalue weighted by Crippen LogP contribution is 2.62. The first-order chi connectivity index (χ1) is 14.0. The number of alkyl halides is 17. The zero-order chi connectivity index (χ0) is 27.3. The third kappa shape index (κ3) is 5.07. The molecule has 0 heterocycles. The lowest BCUT2D eigenvalue weighted by Gasteiger charge is -2.42. The molecule has 0 unspecified atom stereocenters. The molecule has 0 rings (SSSR count). The lowest BCUT2D eigenvalue weighted by atomic mass is 9.89. The smallest absolute Gasteiger partial charge is 0.391 e. The Morgan fingerprint density at radius 1 is 0.576 bits per heavy atom. The standard InChI is InChI=1S/C13H6F18O2/c1-4(14)5(32)33-13(30,31)12(28,29)11(26,27)10(24,25)9(22,23)8(20,21)6(15,16)2-3-7(17,18)19/h1-3H2. The summed E-state index contributed by atoms with van der Waals surface area (Å²) in [7, 11) is 0. The molecular formula is C13H6F18O2. The molecule has 0 bridgehead atoms. The van der Waals surface area contributed by atoms with Gasteiger partial charge >= 0.3 is 53.8 Å². The topological polar surface area (TPSA) is 26.3 Å². The first kappa shape index (κ1) is 30.9. The monoisotopic (exact) mass is 536 g/mol. The largest absolute Gasteiger partial charge is 0.473 e. The molecule has 0 aromatic heterocycles. The predicted octanol–water partition coefficient (Wildman–Crippen LogP) is 6.76. The van der Waals surface area contributed by atoms with Gasteiger partial charge in [0.25, 0.3) is 0 Å². The van der Waals surface area contributed by atoms with E-state index in [1.807, 2.05) is 6.58 Å². The van der Waals surface area contributed by atoms with Crippen molar-refractivity contribution in [1.82, 2.24) is 0 Å². The molecule has 0 N–H and O–H groups in total. The van der Waals surface area contributed by atoms with E-state index in [9.17, 15) is 83.8 Å². The SMILES string of the molecule is C=C(F)C(=O)OC(F)(F)C(F)(F)C(F)(F)C(F)(F)C(F)(F)C(F)(F)C(F)(F)CCC(F)(F)F. The van der Waals surface area contributed by atoms with Gasteiger partial charge in [-0.1, -0.05) is 6.58 Å². The zero-order valence-corrected chi connectivity index (χ0v) is 14.7. The minimum absolute atomic E-state index is 1.83. The highest BCUT2D eigenvalue weighted by Gasteiger charge is 2.93.